The van der Waals surface area contributed by atoms with Crippen molar-refractivity contribution in [3.8, 4) is 0 Å². The predicted octanol–water partition coefficient (Wildman–Crippen LogP) is 2.68. The second-order valence-corrected chi connectivity index (χ2v) is 5.74. The van der Waals surface area contributed by atoms with E-state index < -0.39 is 0 Å². The van der Waals surface area contributed by atoms with Gasteiger partial charge in [0.15, 0.2) is 0 Å². The summed E-state index contributed by atoms with van der Waals surface area (Å²) < 4.78 is 0. The van der Waals surface area contributed by atoms with Crippen LogP contribution in [0, 0.1) is 11.3 Å². The van der Waals surface area contributed by atoms with Gasteiger partial charge in [-0.05, 0) is 30.6 Å². The molecule has 1 fully saturated rings. The number of hydrogen-bond donors (Lipinski definition) is 0. The smallest absolute Gasteiger partial charge is 0.219 e. The van der Waals surface area contributed by atoms with Crippen LogP contribution in [0.5, 0.6) is 0 Å². The molecule has 14 heavy (non-hydrogen) atoms. The molecule has 0 aromatic heterocycles. The van der Waals surface area contributed by atoms with E-state index in [1.165, 1.54) is 19.3 Å². The van der Waals surface area contributed by atoms with E-state index in [0.29, 0.717) is 11.3 Å². The molecule has 0 aromatic carbocycles. The van der Waals surface area contributed by atoms with Gasteiger partial charge >= 0.3 is 0 Å². The highest BCUT2D eigenvalue weighted by atomic mass is 16.2. The van der Waals surface area contributed by atoms with E-state index in [-0.39, 0.29) is 5.91 Å². The van der Waals surface area contributed by atoms with E-state index in [2.05, 4.69) is 20.8 Å². The summed E-state index contributed by atoms with van der Waals surface area (Å²) in [4.78, 5) is 13.2. The van der Waals surface area contributed by atoms with Crippen molar-refractivity contribution >= 4 is 5.91 Å². The Balaban J connectivity index is 2.44. The first-order valence-corrected chi connectivity index (χ1v) is 5.64. The molecule has 0 N–H and O–H groups in total. The van der Waals surface area contributed by atoms with Crippen molar-refractivity contribution < 1.29 is 4.79 Å². The molecular formula is C12H23NO. The monoisotopic (exact) mass is 197 g/mol. The van der Waals surface area contributed by atoms with E-state index in [0.717, 1.165) is 13.1 Å². The fourth-order valence-electron chi connectivity index (χ4n) is 2.38. The average Bonchev–Trinajstić information content (AvgIpc) is 2.01. The number of piperidine rings is 1. The molecular weight excluding hydrogens is 174 g/mol. The largest absolute Gasteiger partial charge is 0.343 e. The van der Waals surface area contributed by atoms with Crippen LogP contribution in [0.15, 0.2) is 0 Å². The van der Waals surface area contributed by atoms with Crippen molar-refractivity contribution in [1.82, 2.24) is 4.90 Å². The van der Waals surface area contributed by atoms with E-state index in [4.69, 9.17) is 0 Å². The number of likely N-dealkylation sites (tertiary alicyclic amines) is 1. The summed E-state index contributed by atoms with van der Waals surface area (Å²) in [7, 11) is 0. The van der Waals surface area contributed by atoms with E-state index in [9.17, 15) is 4.79 Å². The first-order valence-electron chi connectivity index (χ1n) is 5.64. The minimum absolute atomic E-state index is 0.239. The first kappa shape index (κ1) is 11.5. The van der Waals surface area contributed by atoms with Crippen molar-refractivity contribution in [2.45, 2.75) is 47.0 Å². The van der Waals surface area contributed by atoms with Gasteiger partial charge in [-0.25, -0.2) is 0 Å². The number of rotatable bonds is 1. The third-order valence-corrected chi connectivity index (χ3v) is 2.87. The number of amides is 1. The second kappa shape index (κ2) is 4.33. The van der Waals surface area contributed by atoms with Gasteiger partial charge in [0.25, 0.3) is 0 Å². The fraction of sp³-hybridized carbons (Fsp3) is 0.917. The Hall–Kier alpha value is -0.530. The normalized spacial score (nSPS) is 23.7. The van der Waals surface area contributed by atoms with E-state index in [1.807, 2.05) is 4.90 Å². The Kier molecular flexibility index (Phi) is 3.57. The molecule has 2 nitrogen and oxygen atoms in total. The van der Waals surface area contributed by atoms with Crippen LogP contribution >= 0.6 is 0 Å². The van der Waals surface area contributed by atoms with Crippen molar-refractivity contribution in [3.05, 3.63) is 0 Å². The van der Waals surface area contributed by atoms with Crippen LogP contribution < -0.4 is 0 Å². The lowest BCUT2D eigenvalue weighted by molar-refractivity contribution is -0.130. The molecule has 0 bridgehead atoms. The number of carbonyl (C=O) groups is 1. The molecule has 0 saturated carbocycles. The molecule has 0 aliphatic carbocycles. The Labute approximate surface area is 87.7 Å². The minimum atomic E-state index is 0.239. The Morgan fingerprint density at radius 1 is 1.43 bits per heavy atom. The highest BCUT2D eigenvalue weighted by Gasteiger charge is 2.25. The van der Waals surface area contributed by atoms with Crippen molar-refractivity contribution in [1.29, 1.82) is 0 Å². The lowest BCUT2D eigenvalue weighted by atomic mass is 9.81. The summed E-state index contributed by atoms with van der Waals surface area (Å²) in [6, 6.07) is 0. The van der Waals surface area contributed by atoms with Crippen molar-refractivity contribution in [3.63, 3.8) is 0 Å². The fourth-order valence-corrected chi connectivity index (χ4v) is 2.38. The molecule has 1 unspecified atom stereocenters. The summed E-state index contributed by atoms with van der Waals surface area (Å²) in [6.07, 6.45) is 3.71. The first-order chi connectivity index (χ1) is 6.38. The Bertz CT molecular complexity index is 205. The molecule has 1 heterocycles. The van der Waals surface area contributed by atoms with Gasteiger partial charge in [0.05, 0.1) is 0 Å². The van der Waals surface area contributed by atoms with Crippen LogP contribution in [0.3, 0.4) is 0 Å². The third-order valence-electron chi connectivity index (χ3n) is 2.87. The molecule has 1 amide bonds. The lowest BCUT2D eigenvalue weighted by Crippen LogP contribution is -2.39. The summed E-state index contributed by atoms with van der Waals surface area (Å²) in [5.41, 5.74) is 0.393. The van der Waals surface area contributed by atoms with Gasteiger partial charge in [-0.3, -0.25) is 4.79 Å². The maximum absolute atomic E-state index is 11.2. The van der Waals surface area contributed by atoms with Crippen molar-refractivity contribution in [2.24, 2.45) is 11.3 Å². The summed E-state index contributed by atoms with van der Waals surface area (Å²) >= 11 is 0. The van der Waals surface area contributed by atoms with Crippen molar-refractivity contribution in [2.75, 3.05) is 13.1 Å². The molecule has 1 atom stereocenters. The van der Waals surface area contributed by atoms with Crippen LogP contribution in [0.2, 0.25) is 0 Å². The second-order valence-electron chi connectivity index (χ2n) is 5.74. The zero-order valence-corrected chi connectivity index (χ0v) is 9.97. The molecule has 2 heteroatoms. The maximum atomic E-state index is 11.2. The van der Waals surface area contributed by atoms with Crippen LogP contribution in [0.25, 0.3) is 0 Å². The quantitative estimate of drug-likeness (QED) is 0.633. The highest BCUT2D eigenvalue weighted by molar-refractivity contribution is 5.73. The van der Waals surface area contributed by atoms with Crippen LogP contribution in [0.1, 0.15) is 47.0 Å². The number of hydrogen-bond acceptors (Lipinski definition) is 1. The molecule has 0 radical (unpaired) electrons. The molecule has 1 aliphatic rings. The molecule has 1 saturated heterocycles. The third kappa shape index (κ3) is 3.69. The van der Waals surface area contributed by atoms with Gasteiger partial charge < -0.3 is 4.90 Å². The average molecular weight is 197 g/mol. The van der Waals surface area contributed by atoms with E-state index >= 15 is 0 Å². The Morgan fingerprint density at radius 3 is 2.57 bits per heavy atom. The summed E-state index contributed by atoms with van der Waals surface area (Å²) in [5, 5.41) is 0. The summed E-state index contributed by atoms with van der Waals surface area (Å²) in [6.45, 7) is 10.5. The molecule has 1 rings (SSSR count). The Morgan fingerprint density at radius 2 is 2.07 bits per heavy atom. The lowest BCUT2D eigenvalue weighted by Gasteiger charge is -2.35. The predicted molar refractivity (Wildman–Crippen MR) is 59.1 cm³/mol. The van der Waals surface area contributed by atoms with Crippen LogP contribution in [-0.4, -0.2) is 23.9 Å². The van der Waals surface area contributed by atoms with Gasteiger partial charge in [-0.15, -0.1) is 0 Å². The molecule has 82 valence electrons. The number of nitrogens with zero attached hydrogens (tertiary/aromatic N) is 1. The van der Waals surface area contributed by atoms with Gasteiger partial charge in [-0.2, -0.15) is 0 Å². The minimum Gasteiger partial charge on any atom is -0.343 e. The SMILES string of the molecule is CC(=O)N1CCCC(CC(C)(C)C)C1. The van der Waals surface area contributed by atoms with Crippen LogP contribution in [-0.2, 0) is 4.79 Å². The zero-order chi connectivity index (χ0) is 10.8. The standard InChI is InChI=1S/C12H23NO/c1-10(14)13-7-5-6-11(9-13)8-12(2,3)4/h11H,5-9H2,1-4H3. The van der Waals surface area contributed by atoms with Gasteiger partial charge in [-0.1, -0.05) is 20.8 Å². The van der Waals surface area contributed by atoms with E-state index in [1.54, 1.807) is 6.92 Å². The van der Waals surface area contributed by atoms with Crippen LogP contribution in [0.4, 0.5) is 0 Å². The van der Waals surface area contributed by atoms with Gasteiger partial charge in [0.2, 0.25) is 5.91 Å². The maximum Gasteiger partial charge on any atom is 0.219 e. The van der Waals surface area contributed by atoms with Gasteiger partial charge in [0, 0.05) is 20.0 Å². The topological polar surface area (TPSA) is 20.3 Å². The highest BCUT2D eigenvalue weighted by Crippen LogP contribution is 2.29. The zero-order valence-electron chi connectivity index (χ0n) is 9.97. The van der Waals surface area contributed by atoms with Gasteiger partial charge in [0.1, 0.15) is 0 Å². The molecule has 0 spiro atoms. The molecule has 0 aromatic rings. The molecule has 1 aliphatic heterocycles. The number of carbonyl (C=O) groups excluding carboxylic acids is 1. The summed E-state index contributed by atoms with van der Waals surface area (Å²) in [5.74, 6) is 0.955.